The summed E-state index contributed by atoms with van der Waals surface area (Å²) in [6, 6.07) is 0.489. The summed E-state index contributed by atoms with van der Waals surface area (Å²) in [6.45, 7) is 5.78. The zero-order valence-corrected chi connectivity index (χ0v) is 11.8. The van der Waals surface area contributed by atoms with Gasteiger partial charge < -0.3 is 15.5 Å². The molecule has 104 valence electrons. The summed E-state index contributed by atoms with van der Waals surface area (Å²) in [4.78, 5) is 16.9. The second-order valence-corrected chi connectivity index (χ2v) is 6.07. The van der Waals surface area contributed by atoms with Crippen molar-refractivity contribution in [1.29, 1.82) is 0 Å². The fraction of sp³-hybridized carbons (Fsp3) is 0.929. The first-order valence-electron chi connectivity index (χ1n) is 7.31. The van der Waals surface area contributed by atoms with Crippen LogP contribution in [0.15, 0.2) is 0 Å². The first-order valence-corrected chi connectivity index (χ1v) is 7.31. The van der Waals surface area contributed by atoms with Crippen LogP contribution in [0.2, 0.25) is 0 Å². The molecule has 1 heterocycles. The fourth-order valence-electron chi connectivity index (χ4n) is 3.15. The highest BCUT2D eigenvalue weighted by atomic mass is 16.2. The largest absolute Gasteiger partial charge is 0.340 e. The lowest BCUT2D eigenvalue weighted by molar-refractivity contribution is -0.139. The van der Waals surface area contributed by atoms with E-state index >= 15 is 0 Å². The molecule has 0 bridgehead atoms. The lowest BCUT2D eigenvalue weighted by Crippen LogP contribution is -2.53. The molecule has 4 heteroatoms. The number of nitrogens with two attached hydrogens (primary N) is 1. The molecule has 1 unspecified atom stereocenters. The summed E-state index contributed by atoms with van der Waals surface area (Å²) in [5.74, 6) is 1.31. The normalized spacial score (nSPS) is 34.6. The van der Waals surface area contributed by atoms with Gasteiger partial charge in [-0.25, -0.2) is 0 Å². The number of carbonyl (C=O) groups is 1. The molecule has 2 N–H and O–H groups in total. The van der Waals surface area contributed by atoms with Gasteiger partial charge in [-0.05, 0) is 52.1 Å². The van der Waals surface area contributed by atoms with Crippen LogP contribution < -0.4 is 5.73 Å². The predicted molar refractivity (Wildman–Crippen MR) is 73.2 cm³/mol. The number of amides is 1. The van der Waals surface area contributed by atoms with Crippen LogP contribution in [0.4, 0.5) is 0 Å². The molecule has 2 rings (SSSR count). The Bertz CT molecular complexity index is 287. The molecule has 0 aromatic carbocycles. The van der Waals surface area contributed by atoms with Crippen molar-refractivity contribution < 1.29 is 4.79 Å². The summed E-state index contributed by atoms with van der Waals surface area (Å²) in [6.07, 6.45) is 4.36. The van der Waals surface area contributed by atoms with Gasteiger partial charge in [-0.2, -0.15) is 0 Å². The van der Waals surface area contributed by atoms with Crippen molar-refractivity contribution in [3.63, 3.8) is 0 Å². The van der Waals surface area contributed by atoms with Crippen LogP contribution in [0.3, 0.4) is 0 Å². The van der Waals surface area contributed by atoms with Gasteiger partial charge in [-0.3, -0.25) is 4.79 Å². The molecule has 1 saturated heterocycles. The third-order valence-electron chi connectivity index (χ3n) is 4.80. The second kappa shape index (κ2) is 6.02. The Kier molecular flexibility index (Phi) is 4.62. The van der Waals surface area contributed by atoms with E-state index in [1.54, 1.807) is 0 Å². The Hall–Kier alpha value is -0.610. The van der Waals surface area contributed by atoms with Crippen LogP contribution >= 0.6 is 0 Å². The summed E-state index contributed by atoms with van der Waals surface area (Å²) >= 11 is 0. The molecule has 1 aliphatic carbocycles. The monoisotopic (exact) mass is 253 g/mol. The number of hydrogen-bond donors (Lipinski definition) is 1. The van der Waals surface area contributed by atoms with Gasteiger partial charge in [0.1, 0.15) is 0 Å². The third-order valence-corrected chi connectivity index (χ3v) is 4.80. The van der Waals surface area contributed by atoms with Crippen LogP contribution in [0, 0.1) is 11.8 Å². The number of nitrogens with zero attached hydrogens (tertiary/aromatic N) is 2. The molecular weight excluding hydrogens is 226 g/mol. The molecule has 1 aliphatic heterocycles. The van der Waals surface area contributed by atoms with Crippen molar-refractivity contribution in [3.05, 3.63) is 0 Å². The van der Waals surface area contributed by atoms with Gasteiger partial charge in [0, 0.05) is 31.6 Å². The van der Waals surface area contributed by atoms with E-state index in [-0.39, 0.29) is 5.92 Å². The van der Waals surface area contributed by atoms with Crippen molar-refractivity contribution in [2.45, 2.75) is 38.6 Å². The quantitative estimate of drug-likeness (QED) is 0.796. The van der Waals surface area contributed by atoms with Crippen molar-refractivity contribution in [3.8, 4) is 0 Å². The second-order valence-electron chi connectivity index (χ2n) is 6.07. The average molecular weight is 253 g/mol. The van der Waals surface area contributed by atoms with E-state index in [2.05, 4.69) is 23.8 Å². The van der Waals surface area contributed by atoms with Crippen LogP contribution in [-0.4, -0.2) is 55.0 Å². The van der Waals surface area contributed by atoms with Gasteiger partial charge in [-0.15, -0.1) is 0 Å². The molecular formula is C14H27N3O. The molecule has 1 atom stereocenters. The van der Waals surface area contributed by atoms with E-state index in [1.807, 2.05) is 0 Å². The van der Waals surface area contributed by atoms with Gasteiger partial charge in [0.25, 0.3) is 0 Å². The highest BCUT2D eigenvalue weighted by Gasteiger charge is 2.31. The Labute approximate surface area is 110 Å². The minimum Gasteiger partial charge on any atom is -0.340 e. The zero-order valence-electron chi connectivity index (χ0n) is 11.8. The Morgan fingerprint density at radius 2 is 1.89 bits per heavy atom. The van der Waals surface area contributed by atoms with Gasteiger partial charge in [0.05, 0.1) is 0 Å². The fourth-order valence-corrected chi connectivity index (χ4v) is 3.15. The molecule has 1 saturated carbocycles. The predicted octanol–water partition coefficient (Wildman–Crippen LogP) is 0.914. The standard InChI is InChI=1S/C14H27N3O/c1-11-10-17(8-7-16(11)2)14(18)13-5-3-12(9-15)4-6-13/h11-13H,3-10,15H2,1-2H3. The Balaban J connectivity index is 1.84. The molecule has 0 spiro atoms. The molecule has 1 amide bonds. The molecule has 0 aromatic rings. The lowest BCUT2D eigenvalue weighted by atomic mass is 9.81. The summed E-state index contributed by atoms with van der Waals surface area (Å²) in [7, 11) is 2.14. The van der Waals surface area contributed by atoms with Crippen LogP contribution in [0.1, 0.15) is 32.6 Å². The summed E-state index contributed by atoms with van der Waals surface area (Å²) in [5, 5.41) is 0. The van der Waals surface area contributed by atoms with E-state index in [0.29, 0.717) is 17.9 Å². The maximum atomic E-state index is 12.5. The van der Waals surface area contributed by atoms with Crippen molar-refractivity contribution in [2.24, 2.45) is 17.6 Å². The first-order chi connectivity index (χ1) is 8.61. The minimum atomic E-state index is 0.267. The Morgan fingerprint density at radius 3 is 2.44 bits per heavy atom. The molecule has 2 aliphatic rings. The minimum absolute atomic E-state index is 0.267. The lowest BCUT2D eigenvalue weighted by Gasteiger charge is -2.40. The highest BCUT2D eigenvalue weighted by molar-refractivity contribution is 5.79. The average Bonchev–Trinajstić information content (AvgIpc) is 2.41. The summed E-state index contributed by atoms with van der Waals surface area (Å²) < 4.78 is 0. The molecule has 4 nitrogen and oxygen atoms in total. The molecule has 2 fully saturated rings. The van der Waals surface area contributed by atoms with Crippen LogP contribution in [-0.2, 0) is 4.79 Å². The van der Waals surface area contributed by atoms with Gasteiger partial charge in [-0.1, -0.05) is 0 Å². The number of piperazine rings is 1. The van der Waals surface area contributed by atoms with Gasteiger partial charge >= 0.3 is 0 Å². The van der Waals surface area contributed by atoms with Crippen molar-refractivity contribution in [2.75, 3.05) is 33.2 Å². The van der Waals surface area contributed by atoms with Crippen molar-refractivity contribution >= 4 is 5.91 Å². The van der Waals surface area contributed by atoms with Gasteiger partial charge in [0.15, 0.2) is 0 Å². The summed E-state index contributed by atoms with van der Waals surface area (Å²) in [5.41, 5.74) is 5.70. The van der Waals surface area contributed by atoms with Crippen LogP contribution in [0.5, 0.6) is 0 Å². The maximum absolute atomic E-state index is 12.5. The highest BCUT2D eigenvalue weighted by Crippen LogP contribution is 2.29. The third kappa shape index (κ3) is 3.04. The number of likely N-dealkylation sites (N-methyl/N-ethyl adjacent to an activating group) is 1. The molecule has 0 aromatic heterocycles. The molecule has 0 radical (unpaired) electrons. The van der Waals surface area contributed by atoms with Gasteiger partial charge in [0.2, 0.25) is 5.91 Å². The van der Waals surface area contributed by atoms with E-state index in [1.165, 1.54) is 0 Å². The van der Waals surface area contributed by atoms with E-state index in [9.17, 15) is 4.79 Å². The number of hydrogen-bond acceptors (Lipinski definition) is 3. The Morgan fingerprint density at radius 1 is 1.22 bits per heavy atom. The first kappa shape index (κ1) is 13.8. The smallest absolute Gasteiger partial charge is 0.225 e. The number of carbonyl (C=O) groups excluding carboxylic acids is 1. The van der Waals surface area contributed by atoms with E-state index in [4.69, 9.17) is 5.73 Å². The zero-order chi connectivity index (χ0) is 13.1. The maximum Gasteiger partial charge on any atom is 0.225 e. The van der Waals surface area contributed by atoms with E-state index < -0.39 is 0 Å². The van der Waals surface area contributed by atoms with Crippen molar-refractivity contribution in [1.82, 2.24) is 9.80 Å². The van der Waals surface area contributed by atoms with E-state index in [0.717, 1.165) is 51.9 Å². The SMILES string of the molecule is CC1CN(C(=O)C2CCC(CN)CC2)CCN1C. The molecule has 18 heavy (non-hydrogen) atoms. The number of rotatable bonds is 2. The topological polar surface area (TPSA) is 49.6 Å². The van der Waals surface area contributed by atoms with Crippen LogP contribution in [0.25, 0.3) is 0 Å².